The normalized spacial score (nSPS) is 10.8. The van der Waals surface area contributed by atoms with Crippen LogP contribution in [0.1, 0.15) is 19.0 Å². The van der Waals surface area contributed by atoms with Gasteiger partial charge in [0.25, 0.3) is 5.78 Å². The molecule has 4 aromatic rings. The van der Waals surface area contributed by atoms with Gasteiger partial charge < -0.3 is 20.1 Å². The molecule has 0 radical (unpaired) electrons. The molecule has 0 bridgehead atoms. The molecule has 2 heterocycles. The van der Waals surface area contributed by atoms with Gasteiger partial charge in [-0.2, -0.15) is 14.6 Å². The van der Waals surface area contributed by atoms with Crippen LogP contribution in [-0.2, 0) is 6.42 Å². The second kappa shape index (κ2) is 10.2. The van der Waals surface area contributed by atoms with Crippen LogP contribution in [0.2, 0.25) is 0 Å². The minimum atomic E-state index is -0.356. The first-order chi connectivity index (χ1) is 16.1. The number of methoxy groups -OCH3 is 2. The third-order valence-electron chi connectivity index (χ3n) is 4.75. The molecule has 0 saturated carbocycles. The van der Waals surface area contributed by atoms with E-state index in [4.69, 9.17) is 9.47 Å². The third-order valence-corrected chi connectivity index (χ3v) is 5.76. The number of nitrogens with zero attached hydrogens (tertiary/aromatic N) is 4. The Morgan fingerprint density at radius 3 is 2.45 bits per heavy atom. The van der Waals surface area contributed by atoms with Crippen molar-refractivity contribution >= 4 is 34.9 Å². The van der Waals surface area contributed by atoms with E-state index in [1.165, 1.54) is 6.33 Å². The number of amides is 2. The van der Waals surface area contributed by atoms with E-state index in [0.29, 0.717) is 28.7 Å². The Hall–Kier alpha value is -3.79. The van der Waals surface area contributed by atoms with Gasteiger partial charge in [0.15, 0.2) is 11.5 Å². The van der Waals surface area contributed by atoms with Crippen LogP contribution >= 0.6 is 11.8 Å². The van der Waals surface area contributed by atoms with Gasteiger partial charge in [0, 0.05) is 28.0 Å². The quantitative estimate of drug-likeness (QED) is 0.358. The van der Waals surface area contributed by atoms with Crippen LogP contribution in [0.4, 0.5) is 16.2 Å². The summed E-state index contributed by atoms with van der Waals surface area (Å²) in [6.45, 7) is 2.12. The molecule has 9 nitrogen and oxygen atoms in total. The van der Waals surface area contributed by atoms with Crippen LogP contribution in [0.3, 0.4) is 0 Å². The van der Waals surface area contributed by atoms with Crippen molar-refractivity contribution in [2.45, 2.75) is 29.7 Å². The number of hydrogen-bond donors (Lipinski definition) is 2. The van der Waals surface area contributed by atoms with Crippen LogP contribution in [0, 0.1) is 0 Å². The molecule has 0 saturated heterocycles. The van der Waals surface area contributed by atoms with Crippen molar-refractivity contribution in [3.63, 3.8) is 0 Å². The van der Waals surface area contributed by atoms with Crippen molar-refractivity contribution in [2.24, 2.45) is 0 Å². The van der Waals surface area contributed by atoms with Crippen LogP contribution in [0.15, 0.2) is 64.8 Å². The minimum absolute atomic E-state index is 0.356. The van der Waals surface area contributed by atoms with Gasteiger partial charge in [-0.1, -0.05) is 25.1 Å². The first-order valence-corrected chi connectivity index (χ1v) is 11.2. The van der Waals surface area contributed by atoms with E-state index < -0.39 is 0 Å². The molecule has 0 aliphatic heterocycles. The number of aromatic nitrogens is 4. The molecule has 0 spiro atoms. The monoisotopic (exact) mass is 464 g/mol. The van der Waals surface area contributed by atoms with Crippen molar-refractivity contribution in [3.8, 4) is 11.5 Å². The SMILES string of the molecule is CCCc1cc(Sc2ccc(NC(=O)Nc3ccc(OC)c(OC)c3)cc2)n2ncnc2n1. The molecule has 0 fully saturated rings. The molecular formula is C23H24N6O3S. The van der Waals surface area contributed by atoms with E-state index in [2.05, 4.69) is 32.6 Å². The molecule has 0 atom stereocenters. The highest BCUT2D eigenvalue weighted by Gasteiger charge is 2.10. The maximum Gasteiger partial charge on any atom is 0.323 e. The standard InChI is InChI=1S/C23H24N6O3S/c1-4-5-16-13-21(29-22(26-16)24-14-25-29)33-18-9-6-15(7-10-18)27-23(30)28-17-8-11-19(31-2)20(12-17)32-3/h6-14H,4-5H2,1-3H3,(H2,27,28,30). The Morgan fingerprint density at radius 2 is 1.73 bits per heavy atom. The zero-order valence-electron chi connectivity index (χ0n) is 18.5. The summed E-state index contributed by atoms with van der Waals surface area (Å²) in [6, 6.07) is 14.4. The Bertz CT molecular complexity index is 1260. The predicted molar refractivity (Wildman–Crippen MR) is 128 cm³/mol. The fourth-order valence-electron chi connectivity index (χ4n) is 3.22. The highest BCUT2D eigenvalue weighted by Crippen LogP contribution is 2.31. The Kier molecular flexibility index (Phi) is 6.94. The van der Waals surface area contributed by atoms with Crippen molar-refractivity contribution in [3.05, 3.63) is 60.6 Å². The Morgan fingerprint density at radius 1 is 1.00 bits per heavy atom. The Balaban J connectivity index is 1.42. The number of anilines is 2. The van der Waals surface area contributed by atoms with E-state index in [9.17, 15) is 4.79 Å². The number of carbonyl (C=O) groups excluding carboxylic acids is 1. The summed E-state index contributed by atoms with van der Waals surface area (Å²) in [4.78, 5) is 22.2. The average molecular weight is 465 g/mol. The number of fused-ring (bicyclic) bond motifs is 1. The number of rotatable bonds is 8. The van der Waals surface area contributed by atoms with E-state index in [1.54, 1.807) is 48.7 Å². The summed E-state index contributed by atoms with van der Waals surface area (Å²) in [7, 11) is 3.11. The minimum Gasteiger partial charge on any atom is -0.493 e. The van der Waals surface area contributed by atoms with E-state index >= 15 is 0 Å². The molecule has 33 heavy (non-hydrogen) atoms. The number of aryl methyl sites for hydroxylation is 1. The second-order valence-electron chi connectivity index (χ2n) is 7.08. The van der Waals surface area contributed by atoms with Gasteiger partial charge in [-0.25, -0.2) is 9.78 Å². The average Bonchev–Trinajstić information content (AvgIpc) is 3.29. The number of benzene rings is 2. The molecule has 2 N–H and O–H groups in total. The highest BCUT2D eigenvalue weighted by atomic mass is 32.2. The van der Waals surface area contributed by atoms with Gasteiger partial charge in [-0.3, -0.25) is 0 Å². The van der Waals surface area contributed by atoms with Gasteiger partial charge in [0.2, 0.25) is 0 Å². The lowest BCUT2D eigenvalue weighted by Crippen LogP contribution is -2.19. The summed E-state index contributed by atoms with van der Waals surface area (Å²) in [5, 5.41) is 10.8. The van der Waals surface area contributed by atoms with Gasteiger partial charge in [-0.15, -0.1) is 0 Å². The zero-order chi connectivity index (χ0) is 23.2. The third kappa shape index (κ3) is 5.35. The number of nitrogens with one attached hydrogen (secondary N) is 2. The van der Waals surface area contributed by atoms with Gasteiger partial charge in [0.05, 0.1) is 14.2 Å². The summed E-state index contributed by atoms with van der Waals surface area (Å²) < 4.78 is 12.2. The summed E-state index contributed by atoms with van der Waals surface area (Å²) in [6.07, 6.45) is 3.40. The van der Waals surface area contributed by atoms with Crippen LogP contribution in [0.25, 0.3) is 5.78 Å². The zero-order valence-corrected chi connectivity index (χ0v) is 19.3. The number of carbonyl (C=O) groups is 1. The van der Waals surface area contributed by atoms with Crippen molar-refractivity contribution < 1.29 is 14.3 Å². The lowest BCUT2D eigenvalue weighted by atomic mass is 10.2. The summed E-state index contributed by atoms with van der Waals surface area (Å²) in [5.74, 6) is 1.72. The van der Waals surface area contributed by atoms with Crippen LogP contribution in [-0.4, -0.2) is 39.8 Å². The van der Waals surface area contributed by atoms with Crippen molar-refractivity contribution in [1.82, 2.24) is 19.6 Å². The van der Waals surface area contributed by atoms with Crippen molar-refractivity contribution in [2.75, 3.05) is 24.9 Å². The van der Waals surface area contributed by atoms with Crippen LogP contribution in [0.5, 0.6) is 11.5 Å². The smallest absolute Gasteiger partial charge is 0.323 e. The largest absolute Gasteiger partial charge is 0.493 e. The summed E-state index contributed by atoms with van der Waals surface area (Å²) in [5.41, 5.74) is 2.25. The number of ether oxygens (including phenoxy) is 2. The lowest BCUT2D eigenvalue weighted by Gasteiger charge is -2.11. The van der Waals surface area contributed by atoms with E-state index in [-0.39, 0.29) is 6.03 Å². The molecule has 170 valence electrons. The molecule has 0 aliphatic carbocycles. The molecule has 2 amide bonds. The maximum atomic E-state index is 12.4. The Labute approximate surface area is 195 Å². The fourth-order valence-corrected chi connectivity index (χ4v) is 4.15. The van der Waals surface area contributed by atoms with Crippen molar-refractivity contribution in [1.29, 1.82) is 0 Å². The van der Waals surface area contributed by atoms with E-state index in [1.807, 2.05) is 30.3 Å². The molecular weight excluding hydrogens is 440 g/mol. The molecule has 10 heteroatoms. The molecule has 0 aliphatic rings. The number of hydrogen-bond acceptors (Lipinski definition) is 7. The van der Waals surface area contributed by atoms with Gasteiger partial charge in [-0.05, 0) is 48.9 Å². The topological polar surface area (TPSA) is 103 Å². The number of urea groups is 1. The first kappa shape index (κ1) is 22.4. The molecule has 2 aromatic heterocycles. The van der Waals surface area contributed by atoms with Gasteiger partial charge in [0.1, 0.15) is 11.4 Å². The lowest BCUT2D eigenvalue weighted by molar-refractivity contribution is 0.262. The van der Waals surface area contributed by atoms with E-state index in [0.717, 1.165) is 28.5 Å². The molecule has 2 aromatic carbocycles. The second-order valence-corrected chi connectivity index (χ2v) is 8.18. The maximum absolute atomic E-state index is 12.4. The molecule has 0 unspecified atom stereocenters. The van der Waals surface area contributed by atoms with Crippen LogP contribution < -0.4 is 20.1 Å². The summed E-state index contributed by atoms with van der Waals surface area (Å²) >= 11 is 1.57. The highest BCUT2D eigenvalue weighted by molar-refractivity contribution is 7.99. The predicted octanol–water partition coefficient (Wildman–Crippen LogP) is 4.89. The van der Waals surface area contributed by atoms with Gasteiger partial charge >= 0.3 is 6.03 Å². The first-order valence-electron chi connectivity index (χ1n) is 10.4. The molecule has 4 rings (SSSR count). The fraction of sp³-hybridized carbons (Fsp3) is 0.217.